The Hall–Kier alpha value is -0.0400. The van der Waals surface area contributed by atoms with Gasteiger partial charge in [0.25, 0.3) is 0 Å². The molecule has 1 nitrogen and oxygen atoms in total. The van der Waals surface area contributed by atoms with Crippen molar-refractivity contribution in [3.63, 3.8) is 0 Å². The van der Waals surface area contributed by atoms with E-state index in [0.717, 1.165) is 6.54 Å². The highest BCUT2D eigenvalue weighted by atomic mass is 14.6. The van der Waals surface area contributed by atoms with Crippen molar-refractivity contribution < 1.29 is 0 Å². The van der Waals surface area contributed by atoms with Crippen LogP contribution in [-0.2, 0) is 0 Å². The van der Waals surface area contributed by atoms with Gasteiger partial charge in [-0.15, -0.1) is 0 Å². The zero-order chi connectivity index (χ0) is 10.2. The van der Waals surface area contributed by atoms with Crippen molar-refractivity contribution in [1.29, 1.82) is 0 Å². The Morgan fingerprint density at radius 3 is 2.00 bits per heavy atom. The summed E-state index contributed by atoms with van der Waals surface area (Å²) in [6.45, 7) is 7.61. The van der Waals surface area contributed by atoms with E-state index in [1.165, 1.54) is 44.9 Å². The Kier molecular flexibility index (Phi) is 7.35. The third-order valence-electron chi connectivity index (χ3n) is 2.76. The first-order chi connectivity index (χ1) is 6.12. The van der Waals surface area contributed by atoms with Gasteiger partial charge in [-0.2, -0.15) is 0 Å². The van der Waals surface area contributed by atoms with Crippen molar-refractivity contribution in [2.75, 3.05) is 6.54 Å². The predicted molar refractivity (Wildman–Crippen MR) is 60.8 cm³/mol. The monoisotopic (exact) mass is 185 g/mol. The van der Waals surface area contributed by atoms with Crippen LogP contribution >= 0.6 is 0 Å². The Labute approximate surface area is 84.1 Å². The minimum atomic E-state index is 0.366. The molecule has 0 aromatic carbocycles. The fourth-order valence-corrected chi connectivity index (χ4v) is 1.49. The average Bonchev–Trinajstić information content (AvgIpc) is 2.11. The molecule has 0 bridgehead atoms. The summed E-state index contributed by atoms with van der Waals surface area (Å²) < 4.78 is 0. The topological polar surface area (TPSA) is 26.0 Å². The van der Waals surface area contributed by atoms with E-state index in [1.807, 2.05) is 0 Å². The lowest BCUT2D eigenvalue weighted by Crippen LogP contribution is -2.23. The highest BCUT2D eigenvalue weighted by molar-refractivity contribution is 4.68. The molecule has 0 aliphatic heterocycles. The van der Waals surface area contributed by atoms with E-state index in [-0.39, 0.29) is 0 Å². The molecule has 0 rings (SSSR count). The van der Waals surface area contributed by atoms with E-state index < -0.39 is 0 Å². The maximum atomic E-state index is 5.67. The highest BCUT2D eigenvalue weighted by Gasteiger charge is 2.13. The summed E-state index contributed by atoms with van der Waals surface area (Å²) in [5.74, 6) is 0. The molecular formula is C12H27N. The summed E-state index contributed by atoms with van der Waals surface area (Å²) in [6.07, 6.45) is 9.61. The van der Waals surface area contributed by atoms with Gasteiger partial charge in [-0.1, -0.05) is 59.3 Å². The van der Waals surface area contributed by atoms with Gasteiger partial charge < -0.3 is 5.73 Å². The van der Waals surface area contributed by atoms with Crippen molar-refractivity contribution >= 4 is 0 Å². The lowest BCUT2D eigenvalue weighted by atomic mass is 9.87. The van der Waals surface area contributed by atoms with Crippen molar-refractivity contribution in [1.82, 2.24) is 0 Å². The lowest BCUT2D eigenvalue weighted by molar-refractivity contribution is 0.330. The van der Waals surface area contributed by atoms with Crippen LogP contribution in [-0.4, -0.2) is 6.54 Å². The smallest absolute Gasteiger partial charge is 0.00258 e. The van der Waals surface area contributed by atoms with Gasteiger partial charge in [0.15, 0.2) is 0 Å². The first kappa shape index (κ1) is 13.0. The van der Waals surface area contributed by atoms with Crippen LogP contribution in [0.2, 0.25) is 0 Å². The van der Waals surface area contributed by atoms with Gasteiger partial charge >= 0.3 is 0 Å². The Morgan fingerprint density at radius 1 is 0.923 bits per heavy atom. The second-order valence-corrected chi connectivity index (χ2v) is 4.89. The normalized spacial score (nSPS) is 12.0. The fourth-order valence-electron chi connectivity index (χ4n) is 1.49. The Balaban J connectivity index is 3.16. The quantitative estimate of drug-likeness (QED) is 0.573. The van der Waals surface area contributed by atoms with E-state index in [4.69, 9.17) is 5.73 Å². The number of rotatable bonds is 8. The van der Waals surface area contributed by atoms with E-state index in [0.29, 0.717) is 5.41 Å². The van der Waals surface area contributed by atoms with Crippen molar-refractivity contribution in [2.45, 2.75) is 65.7 Å². The number of hydrogen-bond acceptors (Lipinski definition) is 1. The predicted octanol–water partition coefficient (Wildman–Crippen LogP) is 3.72. The molecule has 0 unspecified atom stereocenters. The SMILES string of the molecule is CCCCCCCCC(C)(C)CN. The third kappa shape index (κ3) is 8.29. The van der Waals surface area contributed by atoms with Gasteiger partial charge in [-0.3, -0.25) is 0 Å². The molecule has 0 aromatic heterocycles. The van der Waals surface area contributed by atoms with E-state index in [9.17, 15) is 0 Å². The zero-order valence-electron chi connectivity index (χ0n) is 9.73. The van der Waals surface area contributed by atoms with Gasteiger partial charge in [-0.05, 0) is 18.4 Å². The van der Waals surface area contributed by atoms with Gasteiger partial charge in [0.2, 0.25) is 0 Å². The van der Waals surface area contributed by atoms with Crippen LogP contribution < -0.4 is 5.73 Å². The van der Waals surface area contributed by atoms with Gasteiger partial charge in [0.1, 0.15) is 0 Å². The summed E-state index contributed by atoms with van der Waals surface area (Å²) >= 11 is 0. The number of unbranched alkanes of at least 4 members (excludes halogenated alkanes) is 5. The fraction of sp³-hybridized carbons (Fsp3) is 1.00. The standard InChI is InChI=1S/C12H27N/c1-4-5-6-7-8-9-10-12(2,3)11-13/h4-11,13H2,1-3H3. The molecule has 0 atom stereocenters. The van der Waals surface area contributed by atoms with Crippen molar-refractivity contribution in [3.8, 4) is 0 Å². The first-order valence-corrected chi connectivity index (χ1v) is 5.82. The number of nitrogens with two attached hydrogens (primary N) is 1. The molecular weight excluding hydrogens is 158 g/mol. The van der Waals surface area contributed by atoms with Crippen LogP contribution in [0.3, 0.4) is 0 Å². The van der Waals surface area contributed by atoms with Crippen molar-refractivity contribution in [2.24, 2.45) is 11.1 Å². The van der Waals surface area contributed by atoms with E-state index in [1.54, 1.807) is 0 Å². The maximum Gasteiger partial charge on any atom is -0.00258 e. The van der Waals surface area contributed by atoms with Crippen LogP contribution in [0.1, 0.15) is 65.7 Å². The molecule has 0 saturated carbocycles. The summed E-state index contributed by atoms with van der Waals surface area (Å²) in [4.78, 5) is 0. The van der Waals surface area contributed by atoms with E-state index in [2.05, 4.69) is 20.8 Å². The molecule has 1 heteroatoms. The molecule has 13 heavy (non-hydrogen) atoms. The largest absolute Gasteiger partial charge is 0.330 e. The summed E-state index contributed by atoms with van der Waals surface area (Å²) in [7, 11) is 0. The molecule has 2 N–H and O–H groups in total. The molecule has 80 valence electrons. The maximum absolute atomic E-state index is 5.67. The van der Waals surface area contributed by atoms with Crippen LogP contribution in [0.25, 0.3) is 0 Å². The minimum absolute atomic E-state index is 0.366. The molecule has 0 aliphatic rings. The molecule has 0 saturated heterocycles. The second kappa shape index (κ2) is 7.37. The summed E-state index contributed by atoms with van der Waals surface area (Å²) in [6, 6.07) is 0. The van der Waals surface area contributed by atoms with Crippen LogP contribution in [0.15, 0.2) is 0 Å². The molecule has 0 heterocycles. The van der Waals surface area contributed by atoms with Gasteiger partial charge in [-0.25, -0.2) is 0 Å². The molecule has 0 fully saturated rings. The molecule has 0 aliphatic carbocycles. The average molecular weight is 185 g/mol. The number of hydrogen-bond donors (Lipinski definition) is 1. The van der Waals surface area contributed by atoms with Crippen LogP contribution in [0.4, 0.5) is 0 Å². The zero-order valence-corrected chi connectivity index (χ0v) is 9.73. The highest BCUT2D eigenvalue weighted by Crippen LogP contribution is 2.22. The van der Waals surface area contributed by atoms with Crippen LogP contribution in [0, 0.1) is 5.41 Å². The third-order valence-corrected chi connectivity index (χ3v) is 2.76. The summed E-state index contributed by atoms with van der Waals surface area (Å²) in [5.41, 5.74) is 6.03. The Bertz CT molecular complexity index is 108. The van der Waals surface area contributed by atoms with Crippen LogP contribution in [0.5, 0.6) is 0 Å². The van der Waals surface area contributed by atoms with Gasteiger partial charge in [0, 0.05) is 0 Å². The Morgan fingerprint density at radius 2 is 1.46 bits per heavy atom. The van der Waals surface area contributed by atoms with Gasteiger partial charge in [0.05, 0.1) is 0 Å². The molecule has 0 spiro atoms. The first-order valence-electron chi connectivity index (χ1n) is 5.82. The van der Waals surface area contributed by atoms with E-state index >= 15 is 0 Å². The summed E-state index contributed by atoms with van der Waals surface area (Å²) in [5, 5.41) is 0. The second-order valence-electron chi connectivity index (χ2n) is 4.89. The minimum Gasteiger partial charge on any atom is -0.330 e. The lowest BCUT2D eigenvalue weighted by Gasteiger charge is -2.21. The molecule has 0 amide bonds. The molecule has 0 aromatic rings. The molecule has 0 radical (unpaired) electrons. The van der Waals surface area contributed by atoms with Crippen molar-refractivity contribution in [3.05, 3.63) is 0 Å².